The van der Waals surface area contributed by atoms with Gasteiger partial charge in [-0.3, -0.25) is 5.21 Å². The highest BCUT2D eigenvalue weighted by molar-refractivity contribution is 5.19. The van der Waals surface area contributed by atoms with Crippen LogP contribution in [-0.4, -0.2) is 12.3 Å². The summed E-state index contributed by atoms with van der Waals surface area (Å²) in [6.07, 6.45) is 1.46. The third-order valence-corrected chi connectivity index (χ3v) is 2.32. The molecule has 2 rings (SSSR count). The van der Waals surface area contributed by atoms with Crippen LogP contribution in [0, 0.1) is 0 Å². The normalized spacial score (nSPS) is 9.94. The van der Waals surface area contributed by atoms with Gasteiger partial charge < -0.3 is 9.47 Å². The van der Waals surface area contributed by atoms with Crippen molar-refractivity contribution < 1.29 is 19.4 Å². The molecule has 4 nitrogen and oxygen atoms in total. The van der Waals surface area contributed by atoms with Crippen LogP contribution in [0.4, 0.5) is 0 Å². The quantitative estimate of drug-likeness (QED) is 0.645. The number of benzene rings is 1. The van der Waals surface area contributed by atoms with Gasteiger partial charge in [0.05, 0.1) is 13.2 Å². The second-order valence-corrected chi connectivity index (χ2v) is 3.53. The van der Waals surface area contributed by atoms with Crippen molar-refractivity contribution in [1.29, 1.82) is 0 Å². The van der Waals surface area contributed by atoms with Gasteiger partial charge in [0.2, 0.25) is 0 Å². The Bertz CT molecular complexity index is 485. The Labute approximate surface area is 99.6 Å². The van der Waals surface area contributed by atoms with Crippen molar-refractivity contribution in [2.45, 2.75) is 6.61 Å². The van der Waals surface area contributed by atoms with E-state index in [2.05, 4.69) is 0 Å². The van der Waals surface area contributed by atoms with Crippen LogP contribution in [0.5, 0.6) is 11.6 Å². The fraction of sp³-hybridized carbons (Fsp3) is 0.154. The zero-order chi connectivity index (χ0) is 12.1. The van der Waals surface area contributed by atoms with E-state index < -0.39 is 0 Å². The van der Waals surface area contributed by atoms with E-state index in [0.717, 1.165) is 10.3 Å². The number of aromatic nitrogens is 1. The molecular weight excluding hydrogens is 218 g/mol. The first-order chi connectivity index (χ1) is 8.29. The van der Waals surface area contributed by atoms with E-state index in [1.54, 1.807) is 12.1 Å². The minimum atomic E-state index is 0.358. The lowest BCUT2D eigenvalue weighted by Gasteiger charge is -2.04. The number of ether oxygens (including phenoxy) is 2. The molecule has 0 bridgehead atoms. The first-order valence-corrected chi connectivity index (χ1v) is 5.25. The van der Waals surface area contributed by atoms with E-state index >= 15 is 0 Å². The second kappa shape index (κ2) is 5.21. The molecule has 1 aromatic heterocycles. The maximum absolute atomic E-state index is 9.50. The maximum Gasteiger partial charge on any atom is 0.416 e. The number of rotatable bonds is 4. The predicted octanol–water partition coefficient (Wildman–Crippen LogP) is 1.80. The van der Waals surface area contributed by atoms with Crippen molar-refractivity contribution in [3.8, 4) is 11.6 Å². The fourth-order valence-electron chi connectivity index (χ4n) is 1.44. The van der Waals surface area contributed by atoms with E-state index in [1.165, 1.54) is 13.3 Å². The molecule has 0 saturated heterocycles. The first kappa shape index (κ1) is 11.3. The third-order valence-electron chi connectivity index (χ3n) is 2.32. The molecule has 4 heteroatoms. The number of hydrogen-bond donors (Lipinski definition) is 1. The molecule has 0 unspecified atom stereocenters. The third kappa shape index (κ3) is 2.87. The highest BCUT2D eigenvalue weighted by Crippen LogP contribution is 2.13. The minimum Gasteiger partial charge on any atom is -0.483 e. The summed E-state index contributed by atoms with van der Waals surface area (Å²) < 4.78 is 11.3. The maximum atomic E-state index is 9.50. The van der Waals surface area contributed by atoms with Gasteiger partial charge in [0.15, 0.2) is 5.75 Å². The van der Waals surface area contributed by atoms with E-state index in [0.29, 0.717) is 18.2 Å². The Hall–Kier alpha value is -2.23. The summed E-state index contributed by atoms with van der Waals surface area (Å²) in [7, 11) is 1.49. The summed E-state index contributed by atoms with van der Waals surface area (Å²) in [5.41, 5.74) is 1.08. The van der Waals surface area contributed by atoms with Crippen LogP contribution in [0.3, 0.4) is 0 Å². The zero-order valence-electron chi connectivity index (χ0n) is 9.54. The van der Waals surface area contributed by atoms with Crippen molar-refractivity contribution in [1.82, 2.24) is 0 Å². The molecule has 88 valence electrons. The monoisotopic (exact) mass is 232 g/mol. The summed E-state index contributed by atoms with van der Waals surface area (Å²) in [6.45, 7) is 0.465. The van der Waals surface area contributed by atoms with Gasteiger partial charge in [0.1, 0.15) is 6.61 Å². The lowest BCUT2D eigenvalue weighted by atomic mass is 10.2. The molecule has 0 saturated carbocycles. The molecule has 0 radical (unpaired) electrons. The zero-order valence-corrected chi connectivity index (χ0v) is 9.54. The SMILES string of the molecule is COc1ccc(OCc2ccccc2)c[n+]1O. The minimum absolute atomic E-state index is 0.358. The molecule has 1 heterocycles. The lowest BCUT2D eigenvalue weighted by Crippen LogP contribution is -2.31. The average molecular weight is 232 g/mol. The second-order valence-electron chi connectivity index (χ2n) is 3.53. The molecule has 0 aliphatic rings. The van der Waals surface area contributed by atoms with Crippen LogP contribution < -0.4 is 14.2 Å². The summed E-state index contributed by atoms with van der Waals surface area (Å²) >= 11 is 0. The van der Waals surface area contributed by atoms with Gasteiger partial charge in [-0.1, -0.05) is 30.3 Å². The summed E-state index contributed by atoms with van der Waals surface area (Å²) in [5, 5.41) is 9.50. The van der Waals surface area contributed by atoms with Crippen LogP contribution in [0.2, 0.25) is 0 Å². The number of pyridine rings is 1. The van der Waals surface area contributed by atoms with Gasteiger partial charge in [-0.05, 0) is 11.6 Å². The molecule has 0 aliphatic carbocycles. The molecule has 2 aromatic rings. The Morgan fingerprint density at radius 2 is 1.88 bits per heavy atom. The van der Waals surface area contributed by atoms with Crippen molar-refractivity contribution in [2.24, 2.45) is 0 Å². The number of methoxy groups -OCH3 is 1. The number of hydrogen-bond acceptors (Lipinski definition) is 3. The molecular formula is C13H14NO3+. The molecule has 1 aromatic carbocycles. The highest BCUT2D eigenvalue weighted by Gasteiger charge is 2.11. The van der Waals surface area contributed by atoms with Crippen LogP contribution in [-0.2, 0) is 6.61 Å². The molecule has 0 aliphatic heterocycles. The summed E-state index contributed by atoms with van der Waals surface area (Å²) in [4.78, 5) is 0. The molecule has 17 heavy (non-hydrogen) atoms. The smallest absolute Gasteiger partial charge is 0.416 e. The van der Waals surface area contributed by atoms with Crippen LogP contribution in [0.1, 0.15) is 5.56 Å². The van der Waals surface area contributed by atoms with Gasteiger partial charge in [0.25, 0.3) is 6.20 Å². The summed E-state index contributed by atoms with van der Waals surface area (Å²) in [5.74, 6) is 0.939. The van der Waals surface area contributed by atoms with Gasteiger partial charge in [0, 0.05) is 4.73 Å². The van der Waals surface area contributed by atoms with Crippen LogP contribution >= 0.6 is 0 Å². The molecule has 0 spiro atoms. The molecule has 1 N–H and O–H groups in total. The topological polar surface area (TPSA) is 42.6 Å². The Balaban J connectivity index is 2.02. The molecule has 0 atom stereocenters. The van der Waals surface area contributed by atoms with E-state index in [1.807, 2.05) is 30.3 Å². The molecule has 0 amide bonds. The lowest BCUT2D eigenvalue weighted by molar-refractivity contribution is -0.906. The van der Waals surface area contributed by atoms with Crippen LogP contribution in [0.25, 0.3) is 0 Å². The van der Waals surface area contributed by atoms with Crippen LogP contribution in [0.15, 0.2) is 48.7 Å². The number of nitrogens with zero attached hydrogens (tertiary/aromatic N) is 1. The van der Waals surface area contributed by atoms with E-state index in [4.69, 9.17) is 9.47 Å². The fourth-order valence-corrected chi connectivity index (χ4v) is 1.44. The van der Waals surface area contributed by atoms with E-state index in [9.17, 15) is 5.21 Å². The Kier molecular flexibility index (Phi) is 3.45. The average Bonchev–Trinajstić information content (AvgIpc) is 2.38. The Morgan fingerprint density at radius 3 is 2.53 bits per heavy atom. The van der Waals surface area contributed by atoms with Gasteiger partial charge in [-0.2, -0.15) is 0 Å². The van der Waals surface area contributed by atoms with Gasteiger partial charge in [-0.25, -0.2) is 0 Å². The largest absolute Gasteiger partial charge is 0.483 e. The Morgan fingerprint density at radius 1 is 1.12 bits per heavy atom. The van der Waals surface area contributed by atoms with Crippen molar-refractivity contribution in [3.63, 3.8) is 0 Å². The predicted molar refractivity (Wildman–Crippen MR) is 61.1 cm³/mol. The first-order valence-electron chi connectivity index (χ1n) is 5.25. The van der Waals surface area contributed by atoms with Crippen molar-refractivity contribution >= 4 is 0 Å². The highest BCUT2D eigenvalue weighted by atomic mass is 16.5. The van der Waals surface area contributed by atoms with Crippen molar-refractivity contribution in [2.75, 3.05) is 7.11 Å². The van der Waals surface area contributed by atoms with E-state index in [-0.39, 0.29) is 0 Å². The van der Waals surface area contributed by atoms with Gasteiger partial charge in [-0.15, -0.1) is 0 Å². The van der Waals surface area contributed by atoms with Gasteiger partial charge >= 0.3 is 5.88 Å². The van der Waals surface area contributed by atoms with Crippen molar-refractivity contribution in [3.05, 3.63) is 54.2 Å². The standard InChI is InChI=1S/C13H14NO3/c1-16-13-8-7-12(9-14(13)15)17-10-11-5-3-2-4-6-11/h2-9,15H,10H2,1H3/q+1. The molecule has 0 fully saturated rings. The summed E-state index contributed by atoms with van der Waals surface area (Å²) in [6, 6.07) is 13.2.